The summed E-state index contributed by atoms with van der Waals surface area (Å²) in [6.45, 7) is -2.99. The Labute approximate surface area is 156 Å². The first kappa shape index (κ1) is 19.3. The molecule has 0 saturated carbocycles. The molecule has 3 aromatic rings. The number of carbonyl (C=O) groups excluding carboxylic acids is 2. The second kappa shape index (κ2) is 8.03. The molecule has 0 spiro atoms. The fourth-order valence-corrected chi connectivity index (χ4v) is 2.57. The number of methoxy groups -OCH3 is 1. The van der Waals surface area contributed by atoms with Crippen molar-refractivity contribution in [1.82, 2.24) is 5.32 Å². The molecule has 1 heterocycles. The molecule has 1 amide bonds. The molecule has 9 heteroatoms. The fraction of sp³-hybridized carbons (Fsp3) is 0.158. The number of nitrogens with one attached hydrogen (secondary N) is 1. The predicted octanol–water partition coefficient (Wildman–Crippen LogP) is 3.82. The van der Waals surface area contributed by atoms with Gasteiger partial charge in [0.05, 0.1) is 7.11 Å². The van der Waals surface area contributed by atoms with Crippen molar-refractivity contribution in [2.24, 2.45) is 0 Å². The lowest BCUT2D eigenvalue weighted by Crippen LogP contribution is -2.34. The number of ether oxygens (including phenoxy) is 2. The van der Waals surface area contributed by atoms with Crippen LogP contribution in [0.25, 0.3) is 11.0 Å². The largest absolute Gasteiger partial charge is 0.467 e. The van der Waals surface area contributed by atoms with Gasteiger partial charge >= 0.3 is 12.6 Å². The van der Waals surface area contributed by atoms with Gasteiger partial charge < -0.3 is 19.2 Å². The summed E-state index contributed by atoms with van der Waals surface area (Å²) >= 11 is 0. The first-order chi connectivity index (χ1) is 13.4. The lowest BCUT2D eigenvalue weighted by molar-refractivity contribution is -0.143. The van der Waals surface area contributed by atoms with E-state index in [1.54, 1.807) is 0 Å². The Morgan fingerprint density at radius 3 is 2.43 bits per heavy atom. The lowest BCUT2D eigenvalue weighted by Gasteiger charge is -2.16. The van der Waals surface area contributed by atoms with Crippen molar-refractivity contribution >= 4 is 22.8 Å². The summed E-state index contributed by atoms with van der Waals surface area (Å²) in [5.74, 6) is -2.24. The zero-order valence-corrected chi connectivity index (χ0v) is 14.4. The Morgan fingerprint density at radius 2 is 1.79 bits per heavy atom. The van der Waals surface area contributed by atoms with Crippen LogP contribution in [-0.2, 0) is 9.53 Å². The second-order valence-electron chi connectivity index (χ2n) is 5.67. The highest BCUT2D eigenvalue weighted by Gasteiger charge is 2.26. The van der Waals surface area contributed by atoms with Crippen molar-refractivity contribution in [3.05, 3.63) is 65.7 Å². The van der Waals surface area contributed by atoms with Gasteiger partial charge in [0, 0.05) is 5.39 Å². The first-order valence-corrected chi connectivity index (χ1v) is 8.00. The quantitative estimate of drug-likeness (QED) is 0.645. The van der Waals surface area contributed by atoms with E-state index in [1.807, 2.05) is 0 Å². The summed E-state index contributed by atoms with van der Waals surface area (Å²) in [6.07, 6.45) is 0. The van der Waals surface area contributed by atoms with Gasteiger partial charge in [0.15, 0.2) is 11.8 Å². The highest BCUT2D eigenvalue weighted by molar-refractivity contribution is 5.98. The minimum absolute atomic E-state index is 0.104. The number of amides is 1. The molecule has 6 nitrogen and oxygen atoms in total. The van der Waals surface area contributed by atoms with Crippen LogP contribution in [-0.4, -0.2) is 25.6 Å². The average Bonchev–Trinajstić information content (AvgIpc) is 3.09. The van der Waals surface area contributed by atoms with Gasteiger partial charge in [-0.2, -0.15) is 8.78 Å². The molecule has 0 aliphatic heterocycles. The molecule has 2 aromatic carbocycles. The predicted molar refractivity (Wildman–Crippen MR) is 91.5 cm³/mol. The number of furan rings is 1. The second-order valence-corrected chi connectivity index (χ2v) is 5.67. The fourth-order valence-electron chi connectivity index (χ4n) is 2.57. The third-order valence-corrected chi connectivity index (χ3v) is 3.85. The van der Waals surface area contributed by atoms with Gasteiger partial charge in [-0.15, -0.1) is 0 Å². The summed E-state index contributed by atoms with van der Waals surface area (Å²) < 4.78 is 52.1. The van der Waals surface area contributed by atoms with E-state index in [0.29, 0.717) is 11.0 Å². The van der Waals surface area contributed by atoms with Crippen LogP contribution in [0.5, 0.6) is 5.75 Å². The summed E-state index contributed by atoms with van der Waals surface area (Å²) in [5.41, 5.74) is 0.582. The van der Waals surface area contributed by atoms with E-state index in [4.69, 9.17) is 4.42 Å². The third-order valence-electron chi connectivity index (χ3n) is 3.85. The number of rotatable bonds is 6. The summed E-state index contributed by atoms with van der Waals surface area (Å²) in [5, 5.41) is 2.83. The third kappa shape index (κ3) is 4.25. The van der Waals surface area contributed by atoms with E-state index in [9.17, 15) is 22.8 Å². The Hall–Kier alpha value is -3.49. The minimum atomic E-state index is -2.99. The summed E-state index contributed by atoms with van der Waals surface area (Å²) in [4.78, 5) is 24.6. The van der Waals surface area contributed by atoms with Crippen molar-refractivity contribution in [2.45, 2.75) is 12.7 Å². The molecule has 3 rings (SSSR count). The zero-order chi connectivity index (χ0) is 20.3. The molecular weight excluding hydrogens is 379 g/mol. The SMILES string of the molecule is COC(=O)C(NC(=O)c1cc2cc(F)ccc2o1)c1ccc(OC(F)F)cc1. The molecule has 146 valence electrons. The first-order valence-electron chi connectivity index (χ1n) is 8.00. The Kier molecular flexibility index (Phi) is 5.53. The van der Waals surface area contributed by atoms with Crippen LogP contribution in [0.1, 0.15) is 22.2 Å². The average molecular weight is 393 g/mol. The Balaban J connectivity index is 1.83. The van der Waals surface area contributed by atoms with E-state index in [1.165, 1.54) is 48.5 Å². The molecule has 0 aliphatic rings. The number of halogens is 3. The van der Waals surface area contributed by atoms with Crippen LogP contribution in [0.3, 0.4) is 0 Å². The van der Waals surface area contributed by atoms with Gasteiger partial charge in [-0.1, -0.05) is 12.1 Å². The highest BCUT2D eigenvalue weighted by atomic mass is 19.3. The van der Waals surface area contributed by atoms with Gasteiger partial charge in [-0.3, -0.25) is 4.79 Å². The van der Waals surface area contributed by atoms with E-state index in [-0.39, 0.29) is 17.1 Å². The number of carbonyl (C=O) groups is 2. The van der Waals surface area contributed by atoms with Gasteiger partial charge in [-0.25, -0.2) is 9.18 Å². The molecule has 0 radical (unpaired) electrons. The molecule has 1 N–H and O–H groups in total. The highest BCUT2D eigenvalue weighted by Crippen LogP contribution is 2.23. The smallest absolute Gasteiger partial charge is 0.387 e. The van der Waals surface area contributed by atoms with E-state index >= 15 is 0 Å². The number of benzene rings is 2. The number of alkyl halides is 2. The molecule has 0 fully saturated rings. The summed E-state index contributed by atoms with van der Waals surface area (Å²) in [6, 6.07) is 9.02. The number of hydrogen-bond acceptors (Lipinski definition) is 5. The van der Waals surface area contributed by atoms with Crippen molar-refractivity contribution in [2.75, 3.05) is 7.11 Å². The number of hydrogen-bond donors (Lipinski definition) is 1. The number of esters is 1. The summed E-state index contributed by atoms with van der Waals surface area (Å²) in [7, 11) is 1.14. The maximum absolute atomic E-state index is 13.3. The maximum Gasteiger partial charge on any atom is 0.387 e. The molecule has 1 atom stereocenters. The van der Waals surface area contributed by atoms with Crippen molar-refractivity contribution in [3.63, 3.8) is 0 Å². The van der Waals surface area contributed by atoms with Gasteiger partial charge in [0.2, 0.25) is 0 Å². The monoisotopic (exact) mass is 393 g/mol. The standard InChI is InChI=1S/C19H14F3NO5/c1-26-18(25)16(10-2-5-13(6-3-10)27-19(21)22)23-17(24)15-9-11-8-12(20)4-7-14(11)28-15/h2-9,16,19H,1H3,(H,23,24). The van der Waals surface area contributed by atoms with Crippen LogP contribution in [0.4, 0.5) is 13.2 Å². The van der Waals surface area contributed by atoms with Crippen LogP contribution < -0.4 is 10.1 Å². The molecule has 1 aromatic heterocycles. The normalized spacial score (nSPS) is 12.0. The van der Waals surface area contributed by atoms with E-state index in [2.05, 4.69) is 14.8 Å². The zero-order valence-electron chi connectivity index (χ0n) is 14.4. The molecule has 0 bridgehead atoms. The number of fused-ring (bicyclic) bond motifs is 1. The van der Waals surface area contributed by atoms with Crippen molar-refractivity contribution < 1.29 is 36.7 Å². The maximum atomic E-state index is 13.3. The molecule has 1 unspecified atom stereocenters. The molecular formula is C19H14F3NO5. The molecule has 28 heavy (non-hydrogen) atoms. The van der Waals surface area contributed by atoms with Gasteiger partial charge in [0.1, 0.15) is 17.1 Å². The molecule has 0 aliphatic carbocycles. The lowest BCUT2D eigenvalue weighted by atomic mass is 10.1. The van der Waals surface area contributed by atoms with Crippen LogP contribution in [0, 0.1) is 5.82 Å². The van der Waals surface area contributed by atoms with Crippen molar-refractivity contribution in [1.29, 1.82) is 0 Å². The van der Waals surface area contributed by atoms with E-state index < -0.39 is 30.3 Å². The van der Waals surface area contributed by atoms with Crippen LogP contribution in [0.15, 0.2) is 52.9 Å². The van der Waals surface area contributed by atoms with Gasteiger partial charge in [0.25, 0.3) is 5.91 Å². The topological polar surface area (TPSA) is 77.8 Å². The van der Waals surface area contributed by atoms with Crippen LogP contribution >= 0.6 is 0 Å². The van der Waals surface area contributed by atoms with Gasteiger partial charge in [-0.05, 0) is 42.0 Å². The van der Waals surface area contributed by atoms with Crippen molar-refractivity contribution in [3.8, 4) is 5.75 Å². The molecule has 0 saturated heterocycles. The minimum Gasteiger partial charge on any atom is -0.467 e. The van der Waals surface area contributed by atoms with Crippen LogP contribution in [0.2, 0.25) is 0 Å². The van der Waals surface area contributed by atoms with E-state index in [0.717, 1.165) is 7.11 Å². The Bertz CT molecular complexity index is 1000. The Morgan fingerprint density at radius 1 is 1.07 bits per heavy atom.